The summed E-state index contributed by atoms with van der Waals surface area (Å²) in [5.74, 6) is 0.626. The van der Waals surface area contributed by atoms with Gasteiger partial charge in [0.05, 0.1) is 13.1 Å². The molecule has 2 saturated heterocycles. The van der Waals surface area contributed by atoms with Crippen molar-refractivity contribution in [3.05, 3.63) is 35.4 Å². The molecule has 1 aromatic carbocycles. The first-order chi connectivity index (χ1) is 15.0. The first-order valence-electron chi connectivity index (χ1n) is 11.4. The van der Waals surface area contributed by atoms with E-state index in [1.807, 2.05) is 24.3 Å². The van der Waals surface area contributed by atoms with Crippen LogP contribution in [0.2, 0.25) is 0 Å². The molecule has 0 aliphatic carbocycles. The van der Waals surface area contributed by atoms with Crippen LogP contribution in [0, 0.1) is 0 Å². The van der Waals surface area contributed by atoms with Crippen molar-refractivity contribution in [2.75, 3.05) is 39.3 Å². The van der Waals surface area contributed by atoms with E-state index < -0.39 is 0 Å². The van der Waals surface area contributed by atoms with Gasteiger partial charge in [0.25, 0.3) is 5.91 Å². The zero-order valence-corrected chi connectivity index (χ0v) is 21.7. The third kappa shape index (κ3) is 7.61. The van der Waals surface area contributed by atoms with Crippen LogP contribution < -0.4 is 16.0 Å². The lowest BCUT2D eigenvalue weighted by Crippen LogP contribution is -2.50. The molecule has 8 nitrogen and oxygen atoms in total. The van der Waals surface area contributed by atoms with Crippen LogP contribution in [0.5, 0.6) is 0 Å². The molecule has 0 unspecified atom stereocenters. The molecule has 2 aliphatic rings. The van der Waals surface area contributed by atoms with E-state index in [1.54, 1.807) is 4.90 Å². The number of hydrogen-bond donors (Lipinski definition) is 3. The van der Waals surface area contributed by atoms with E-state index in [-0.39, 0.29) is 42.3 Å². The number of likely N-dealkylation sites (tertiary alicyclic amines) is 1. The second kappa shape index (κ2) is 13.0. The average molecular weight is 556 g/mol. The molecule has 32 heavy (non-hydrogen) atoms. The average Bonchev–Trinajstić information content (AvgIpc) is 2.78. The van der Waals surface area contributed by atoms with E-state index in [0.717, 1.165) is 44.0 Å². The zero-order valence-electron chi connectivity index (χ0n) is 19.4. The molecular weight excluding hydrogens is 519 g/mol. The molecule has 0 radical (unpaired) electrons. The van der Waals surface area contributed by atoms with Crippen LogP contribution in [0.3, 0.4) is 0 Å². The molecular formula is C23H37IN6O2. The van der Waals surface area contributed by atoms with Gasteiger partial charge in [0.1, 0.15) is 0 Å². The highest BCUT2D eigenvalue weighted by molar-refractivity contribution is 14.0. The van der Waals surface area contributed by atoms with Gasteiger partial charge in [-0.1, -0.05) is 12.1 Å². The Balaban J connectivity index is 0.00000363. The number of amides is 2. The standard InChI is InChI=1S/C23H36N6O2.HI/c1-4-24-23(27-20-9-12-28(13-10-20)17(2)3)26-15-18-5-7-19(8-6-18)22(31)29-14-11-25-21(30)16-29;/h5-8,17,20H,4,9-16H2,1-3H3,(H,25,30)(H2,24,26,27);1H. The molecule has 9 heteroatoms. The summed E-state index contributed by atoms with van der Waals surface area (Å²) in [6, 6.07) is 8.56. The number of hydrogen-bond acceptors (Lipinski definition) is 4. The first kappa shape index (κ1) is 26.4. The molecule has 2 amide bonds. The summed E-state index contributed by atoms with van der Waals surface area (Å²) in [7, 11) is 0. The molecule has 0 spiro atoms. The predicted octanol–water partition coefficient (Wildman–Crippen LogP) is 1.80. The minimum Gasteiger partial charge on any atom is -0.357 e. The number of aliphatic imine (C=N–C) groups is 1. The molecule has 1 aromatic rings. The Bertz CT molecular complexity index is 775. The lowest BCUT2D eigenvalue weighted by atomic mass is 10.0. The van der Waals surface area contributed by atoms with Crippen LogP contribution in [0.15, 0.2) is 29.3 Å². The highest BCUT2D eigenvalue weighted by Crippen LogP contribution is 2.13. The molecule has 0 bridgehead atoms. The van der Waals surface area contributed by atoms with Crippen molar-refractivity contribution in [2.24, 2.45) is 4.99 Å². The third-order valence-corrected chi connectivity index (χ3v) is 5.89. The van der Waals surface area contributed by atoms with Crippen molar-refractivity contribution in [1.82, 2.24) is 25.8 Å². The number of benzene rings is 1. The monoisotopic (exact) mass is 556 g/mol. The highest BCUT2D eigenvalue weighted by atomic mass is 127. The van der Waals surface area contributed by atoms with Crippen LogP contribution in [-0.2, 0) is 11.3 Å². The number of rotatable bonds is 6. The van der Waals surface area contributed by atoms with E-state index in [4.69, 9.17) is 4.99 Å². The van der Waals surface area contributed by atoms with Crippen molar-refractivity contribution in [3.63, 3.8) is 0 Å². The summed E-state index contributed by atoms with van der Waals surface area (Å²) in [6.45, 7) is 11.3. The number of nitrogens with one attached hydrogen (secondary N) is 3. The summed E-state index contributed by atoms with van der Waals surface area (Å²) in [5, 5.41) is 9.65. The number of halogens is 1. The number of carbonyl (C=O) groups is 2. The molecule has 2 aliphatic heterocycles. The van der Waals surface area contributed by atoms with E-state index in [0.29, 0.717) is 37.3 Å². The second-order valence-electron chi connectivity index (χ2n) is 8.52. The Morgan fingerprint density at radius 1 is 1.19 bits per heavy atom. The molecule has 0 saturated carbocycles. The fourth-order valence-electron chi connectivity index (χ4n) is 3.99. The minimum absolute atomic E-state index is 0. The molecule has 3 rings (SSSR count). The van der Waals surface area contributed by atoms with Gasteiger partial charge in [-0.25, -0.2) is 4.99 Å². The SMILES string of the molecule is CCNC(=NCc1ccc(C(=O)N2CCNC(=O)C2)cc1)NC1CCN(C(C)C)CC1.I. The van der Waals surface area contributed by atoms with Crippen molar-refractivity contribution in [2.45, 2.75) is 52.2 Å². The third-order valence-electron chi connectivity index (χ3n) is 5.89. The summed E-state index contributed by atoms with van der Waals surface area (Å²) in [4.78, 5) is 33.0. The second-order valence-corrected chi connectivity index (χ2v) is 8.52. The number of piperazine rings is 1. The molecule has 178 valence electrons. The van der Waals surface area contributed by atoms with E-state index >= 15 is 0 Å². The topological polar surface area (TPSA) is 89.1 Å². The fraction of sp³-hybridized carbons (Fsp3) is 0.609. The maximum Gasteiger partial charge on any atom is 0.254 e. The number of nitrogens with zero attached hydrogens (tertiary/aromatic N) is 3. The van der Waals surface area contributed by atoms with Gasteiger partial charge in [0.2, 0.25) is 5.91 Å². The van der Waals surface area contributed by atoms with Crippen molar-refractivity contribution in [1.29, 1.82) is 0 Å². The van der Waals surface area contributed by atoms with Crippen LogP contribution in [-0.4, -0.2) is 78.9 Å². The quantitative estimate of drug-likeness (QED) is 0.283. The fourth-order valence-corrected chi connectivity index (χ4v) is 3.99. The van der Waals surface area contributed by atoms with Gasteiger partial charge in [0, 0.05) is 50.4 Å². The summed E-state index contributed by atoms with van der Waals surface area (Å²) >= 11 is 0. The Kier molecular flexibility index (Phi) is 10.7. The van der Waals surface area contributed by atoms with Gasteiger partial charge < -0.3 is 25.8 Å². The lowest BCUT2D eigenvalue weighted by Gasteiger charge is -2.35. The smallest absolute Gasteiger partial charge is 0.254 e. The molecule has 2 fully saturated rings. The summed E-state index contributed by atoms with van der Waals surface area (Å²) < 4.78 is 0. The highest BCUT2D eigenvalue weighted by Gasteiger charge is 2.23. The van der Waals surface area contributed by atoms with E-state index in [2.05, 4.69) is 41.6 Å². The summed E-state index contributed by atoms with van der Waals surface area (Å²) in [6.07, 6.45) is 2.24. The van der Waals surface area contributed by atoms with Gasteiger partial charge in [-0.15, -0.1) is 24.0 Å². The van der Waals surface area contributed by atoms with Gasteiger partial charge in [-0.2, -0.15) is 0 Å². The van der Waals surface area contributed by atoms with E-state index in [1.165, 1.54) is 0 Å². The van der Waals surface area contributed by atoms with Crippen molar-refractivity contribution < 1.29 is 9.59 Å². The van der Waals surface area contributed by atoms with Crippen LogP contribution in [0.1, 0.15) is 49.5 Å². The molecule has 3 N–H and O–H groups in total. The van der Waals surface area contributed by atoms with Gasteiger partial charge in [0.15, 0.2) is 5.96 Å². The first-order valence-corrected chi connectivity index (χ1v) is 11.4. The number of piperidine rings is 1. The van der Waals surface area contributed by atoms with Crippen LogP contribution in [0.25, 0.3) is 0 Å². The van der Waals surface area contributed by atoms with Crippen LogP contribution in [0.4, 0.5) is 0 Å². The Morgan fingerprint density at radius 3 is 2.47 bits per heavy atom. The van der Waals surface area contributed by atoms with Crippen molar-refractivity contribution in [3.8, 4) is 0 Å². The van der Waals surface area contributed by atoms with Crippen molar-refractivity contribution >= 4 is 41.8 Å². The van der Waals surface area contributed by atoms with Gasteiger partial charge in [-0.3, -0.25) is 9.59 Å². The van der Waals surface area contributed by atoms with E-state index in [9.17, 15) is 9.59 Å². The lowest BCUT2D eigenvalue weighted by molar-refractivity contribution is -0.123. The normalized spacial score (nSPS) is 18.2. The van der Waals surface area contributed by atoms with Gasteiger partial charge >= 0.3 is 0 Å². The predicted molar refractivity (Wildman–Crippen MR) is 138 cm³/mol. The van der Waals surface area contributed by atoms with Gasteiger partial charge in [-0.05, 0) is 51.3 Å². The number of guanidine groups is 1. The Morgan fingerprint density at radius 2 is 1.88 bits per heavy atom. The largest absolute Gasteiger partial charge is 0.357 e. The maximum atomic E-state index is 12.6. The summed E-state index contributed by atoms with van der Waals surface area (Å²) in [5.41, 5.74) is 1.64. The minimum atomic E-state index is -0.108. The number of carbonyl (C=O) groups excluding carboxylic acids is 2. The molecule has 0 atom stereocenters. The Hall–Kier alpha value is -1.88. The zero-order chi connectivity index (χ0) is 22.2. The Labute approximate surface area is 208 Å². The van der Waals surface area contributed by atoms with Crippen LogP contribution >= 0.6 is 24.0 Å². The molecule has 2 heterocycles. The molecule has 0 aromatic heterocycles. The maximum absolute atomic E-state index is 12.6.